The van der Waals surface area contributed by atoms with E-state index in [-0.39, 0.29) is 12.6 Å². The topological polar surface area (TPSA) is 52.6 Å². The third kappa shape index (κ3) is 5.40. The minimum Gasteiger partial charge on any atom is -0.463 e. The fraction of sp³-hybridized carbons (Fsp3) is 0.818. The summed E-state index contributed by atoms with van der Waals surface area (Å²) in [5.41, 5.74) is -0.537. The van der Waals surface area contributed by atoms with Crippen LogP contribution in [0.2, 0.25) is 0 Å². The largest absolute Gasteiger partial charge is 0.463 e. The van der Waals surface area contributed by atoms with Crippen LogP contribution in [0.15, 0.2) is 0 Å². The Hall–Kier alpha value is -1.06. The van der Waals surface area contributed by atoms with Gasteiger partial charge in [-0.2, -0.15) is 0 Å². The van der Waals surface area contributed by atoms with Crippen molar-refractivity contribution < 1.29 is 19.1 Å². The highest BCUT2D eigenvalue weighted by molar-refractivity contribution is 5.79. The Morgan fingerprint density at radius 1 is 1.13 bits per heavy atom. The fourth-order valence-electron chi connectivity index (χ4n) is 0.722. The third-order valence-corrected chi connectivity index (χ3v) is 2.22. The maximum Gasteiger partial charge on any atom is 0.344 e. The Morgan fingerprint density at radius 2 is 1.73 bits per heavy atom. The number of hydrogen-bond acceptors (Lipinski definition) is 4. The van der Waals surface area contributed by atoms with Crippen molar-refractivity contribution in [2.24, 2.45) is 5.41 Å². The summed E-state index contributed by atoms with van der Waals surface area (Å²) in [6.07, 6.45) is 1.44. The molecule has 0 bridgehead atoms. The first-order valence-corrected chi connectivity index (χ1v) is 5.27. The standard InChI is InChI=1S/C11H20O4/c1-5-7-14-9(12)8-15-10(13)11(3,4)6-2/h5-8H2,1-4H3. The molecule has 15 heavy (non-hydrogen) atoms. The van der Waals surface area contributed by atoms with Crippen molar-refractivity contribution in [3.63, 3.8) is 0 Å². The van der Waals surface area contributed by atoms with Crippen LogP contribution in [-0.4, -0.2) is 25.2 Å². The summed E-state index contributed by atoms with van der Waals surface area (Å²) in [4.78, 5) is 22.5. The molecule has 0 heterocycles. The van der Waals surface area contributed by atoms with E-state index in [0.717, 1.165) is 6.42 Å². The SMILES string of the molecule is CCCOC(=O)COC(=O)C(C)(C)CC. The molecular formula is C11H20O4. The molecule has 0 aromatic carbocycles. The molecular weight excluding hydrogens is 196 g/mol. The van der Waals surface area contributed by atoms with Crippen LogP contribution in [0.5, 0.6) is 0 Å². The van der Waals surface area contributed by atoms with E-state index in [0.29, 0.717) is 13.0 Å². The zero-order chi connectivity index (χ0) is 11.9. The number of carbonyl (C=O) groups excluding carboxylic acids is 2. The predicted octanol–water partition coefficient (Wildman–Crippen LogP) is 1.92. The van der Waals surface area contributed by atoms with Crippen LogP contribution in [0.4, 0.5) is 0 Å². The average Bonchev–Trinajstić information content (AvgIpc) is 2.22. The zero-order valence-electron chi connectivity index (χ0n) is 9.96. The van der Waals surface area contributed by atoms with Gasteiger partial charge in [0.15, 0.2) is 6.61 Å². The number of ether oxygens (including phenoxy) is 2. The van der Waals surface area contributed by atoms with Crippen LogP contribution in [0, 0.1) is 5.41 Å². The van der Waals surface area contributed by atoms with E-state index < -0.39 is 11.4 Å². The molecule has 0 unspecified atom stereocenters. The second-order valence-electron chi connectivity index (χ2n) is 4.03. The molecule has 0 fully saturated rings. The molecule has 4 nitrogen and oxygen atoms in total. The maximum atomic E-state index is 11.4. The van der Waals surface area contributed by atoms with Gasteiger partial charge < -0.3 is 9.47 Å². The van der Waals surface area contributed by atoms with Crippen molar-refractivity contribution in [1.82, 2.24) is 0 Å². The first kappa shape index (κ1) is 13.9. The average molecular weight is 216 g/mol. The van der Waals surface area contributed by atoms with Gasteiger partial charge in [0.1, 0.15) is 0 Å². The van der Waals surface area contributed by atoms with Gasteiger partial charge in [-0.15, -0.1) is 0 Å². The molecule has 0 aliphatic carbocycles. The molecule has 0 atom stereocenters. The lowest BCUT2D eigenvalue weighted by Gasteiger charge is -2.19. The fourth-order valence-corrected chi connectivity index (χ4v) is 0.722. The molecule has 0 N–H and O–H groups in total. The Balaban J connectivity index is 3.85. The van der Waals surface area contributed by atoms with E-state index in [1.54, 1.807) is 13.8 Å². The van der Waals surface area contributed by atoms with Crippen molar-refractivity contribution in [2.45, 2.75) is 40.5 Å². The minimum atomic E-state index is -0.537. The van der Waals surface area contributed by atoms with Crippen LogP contribution >= 0.6 is 0 Å². The van der Waals surface area contributed by atoms with Gasteiger partial charge in [0, 0.05) is 0 Å². The first-order valence-electron chi connectivity index (χ1n) is 5.27. The molecule has 0 amide bonds. The molecule has 0 aliphatic rings. The summed E-state index contributed by atoms with van der Waals surface area (Å²) < 4.78 is 9.61. The highest BCUT2D eigenvalue weighted by Crippen LogP contribution is 2.21. The van der Waals surface area contributed by atoms with E-state index in [9.17, 15) is 9.59 Å². The number of esters is 2. The first-order chi connectivity index (χ1) is 6.94. The van der Waals surface area contributed by atoms with Gasteiger partial charge in [0.2, 0.25) is 0 Å². The van der Waals surface area contributed by atoms with Crippen LogP contribution in [-0.2, 0) is 19.1 Å². The van der Waals surface area contributed by atoms with E-state index in [4.69, 9.17) is 9.47 Å². The second kappa shape index (κ2) is 6.43. The number of rotatable bonds is 6. The van der Waals surface area contributed by atoms with Gasteiger partial charge in [-0.3, -0.25) is 4.79 Å². The predicted molar refractivity (Wildman–Crippen MR) is 56.3 cm³/mol. The lowest BCUT2D eigenvalue weighted by Crippen LogP contribution is -2.28. The number of hydrogen-bond donors (Lipinski definition) is 0. The van der Waals surface area contributed by atoms with Gasteiger partial charge in [0.05, 0.1) is 12.0 Å². The van der Waals surface area contributed by atoms with E-state index in [1.807, 2.05) is 13.8 Å². The summed E-state index contributed by atoms with van der Waals surface area (Å²) in [5.74, 6) is -0.851. The summed E-state index contributed by atoms with van der Waals surface area (Å²) in [5, 5.41) is 0. The Kier molecular flexibility index (Phi) is 5.97. The van der Waals surface area contributed by atoms with Crippen molar-refractivity contribution >= 4 is 11.9 Å². The molecule has 0 rings (SSSR count). The molecule has 0 saturated heterocycles. The van der Waals surface area contributed by atoms with Crippen molar-refractivity contribution in [1.29, 1.82) is 0 Å². The van der Waals surface area contributed by atoms with Crippen molar-refractivity contribution in [3.8, 4) is 0 Å². The van der Waals surface area contributed by atoms with Crippen molar-refractivity contribution in [3.05, 3.63) is 0 Å². The van der Waals surface area contributed by atoms with Gasteiger partial charge in [-0.25, -0.2) is 4.79 Å². The van der Waals surface area contributed by atoms with Gasteiger partial charge in [-0.1, -0.05) is 13.8 Å². The second-order valence-corrected chi connectivity index (χ2v) is 4.03. The lowest BCUT2D eigenvalue weighted by atomic mass is 9.91. The molecule has 4 heteroatoms. The summed E-state index contributed by atoms with van der Waals surface area (Å²) in [7, 11) is 0. The molecule has 0 aromatic heterocycles. The van der Waals surface area contributed by atoms with E-state index in [2.05, 4.69) is 0 Å². The van der Waals surface area contributed by atoms with Crippen LogP contribution < -0.4 is 0 Å². The third-order valence-electron chi connectivity index (χ3n) is 2.22. The quantitative estimate of drug-likeness (QED) is 0.636. The van der Waals surface area contributed by atoms with Crippen LogP contribution in [0.3, 0.4) is 0 Å². The molecule has 0 aliphatic heterocycles. The molecule has 0 radical (unpaired) electrons. The Labute approximate surface area is 90.9 Å². The Morgan fingerprint density at radius 3 is 2.20 bits per heavy atom. The summed E-state index contributed by atoms with van der Waals surface area (Å²) in [6, 6.07) is 0. The summed E-state index contributed by atoms with van der Waals surface area (Å²) >= 11 is 0. The molecule has 0 spiro atoms. The smallest absolute Gasteiger partial charge is 0.344 e. The maximum absolute atomic E-state index is 11.4. The van der Waals surface area contributed by atoms with E-state index >= 15 is 0 Å². The monoisotopic (exact) mass is 216 g/mol. The highest BCUT2D eigenvalue weighted by atomic mass is 16.6. The van der Waals surface area contributed by atoms with Gasteiger partial charge >= 0.3 is 11.9 Å². The van der Waals surface area contributed by atoms with Crippen molar-refractivity contribution in [2.75, 3.05) is 13.2 Å². The lowest BCUT2D eigenvalue weighted by molar-refractivity contribution is -0.164. The number of carbonyl (C=O) groups is 2. The minimum absolute atomic E-state index is 0.289. The van der Waals surface area contributed by atoms with Gasteiger partial charge in [0.25, 0.3) is 0 Å². The zero-order valence-corrected chi connectivity index (χ0v) is 9.96. The Bertz CT molecular complexity index is 221. The highest BCUT2D eigenvalue weighted by Gasteiger charge is 2.27. The van der Waals surface area contributed by atoms with Crippen LogP contribution in [0.25, 0.3) is 0 Å². The van der Waals surface area contributed by atoms with E-state index in [1.165, 1.54) is 0 Å². The van der Waals surface area contributed by atoms with Crippen LogP contribution in [0.1, 0.15) is 40.5 Å². The van der Waals surface area contributed by atoms with Gasteiger partial charge in [-0.05, 0) is 26.7 Å². The normalized spacial score (nSPS) is 10.9. The molecule has 0 aromatic rings. The molecule has 0 saturated carbocycles. The summed E-state index contributed by atoms with van der Waals surface area (Å²) in [6.45, 7) is 7.45. The molecule has 88 valence electrons.